The first-order valence-corrected chi connectivity index (χ1v) is 6.91. The molecule has 20 heavy (non-hydrogen) atoms. The molecule has 5 heteroatoms. The third-order valence-electron chi connectivity index (χ3n) is 3.35. The largest absolute Gasteiger partial charge is 0.484 e. The van der Waals surface area contributed by atoms with Crippen LogP contribution < -0.4 is 15.4 Å². The molecule has 1 fully saturated rings. The Balaban J connectivity index is 0.00000200. The van der Waals surface area contributed by atoms with Gasteiger partial charge in [0.1, 0.15) is 5.75 Å². The Morgan fingerprint density at radius 2 is 2.35 bits per heavy atom. The van der Waals surface area contributed by atoms with Gasteiger partial charge in [0, 0.05) is 6.54 Å². The molecule has 2 rings (SSSR count). The minimum atomic E-state index is -0.0490. The molecule has 1 aromatic rings. The van der Waals surface area contributed by atoms with Crippen molar-refractivity contribution in [2.75, 3.05) is 26.2 Å². The van der Waals surface area contributed by atoms with E-state index >= 15 is 0 Å². The van der Waals surface area contributed by atoms with Crippen LogP contribution in [0.5, 0.6) is 5.75 Å². The highest BCUT2D eigenvalue weighted by atomic mass is 35.5. The quantitative estimate of drug-likeness (QED) is 0.873. The Hall–Kier alpha value is -1.26. The first-order chi connectivity index (χ1) is 9.24. The van der Waals surface area contributed by atoms with Crippen LogP contribution in [0.4, 0.5) is 0 Å². The van der Waals surface area contributed by atoms with E-state index in [4.69, 9.17) is 4.74 Å². The normalized spacial score (nSPS) is 17.9. The topological polar surface area (TPSA) is 50.4 Å². The molecule has 4 nitrogen and oxygen atoms in total. The molecular formula is C15H23ClN2O2. The molecule has 0 saturated carbocycles. The summed E-state index contributed by atoms with van der Waals surface area (Å²) in [5, 5.41) is 6.27. The van der Waals surface area contributed by atoms with Gasteiger partial charge in [-0.1, -0.05) is 12.1 Å². The number of hydrogen-bond acceptors (Lipinski definition) is 3. The Morgan fingerprint density at radius 3 is 3.05 bits per heavy atom. The van der Waals surface area contributed by atoms with Crippen LogP contribution in [0.1, 0.15) is 18.4 Å². The zero-order chi connectivity index (χ0) is 13.5. The van der Waals surface area contributed by atoms with Gasteiger partial charge in [-0.25, -0.2) is 0 Å². The molecule has 1 atom stereocenters. The van der Waals surface area contributed by atoms with E-state index in [1.807, 2.05) is 31.2 Å². The van der Waals surface area contributed by atoms with E-state index in [0.29, 0.717) is 5.92 Å². The Bertz CT molecular complexity index is 420. The van der Waals surface area contributed by atoms with Crippen LogP contribution in [0.2, 0.25) is 0 Å². The van der Waals surface area contributed by atoms with Crippen molar-refractivity contribution in [3.05, 3.63) is 29.8 Å². The smallest absolute Gasteiger partial charge is 0.257 e. The molecule has 0 radical (unpaired) electrons. The summed E-state index contributed by atoms with van der Waals surface area (Å²) in [4.78, 5) is 11.7. The first kappa shape index (κ1) is 16.8. The van der Waals surface area contributed by atoms with Crippen molar-refractivity contribution in [2.24, 2.45) is 5.92 Å². The predicted octanol–water partition coefficient (Wildman–Crippen LogP) is 1.91. The minimum Gasteiger partial charge on any atom is -0.484 e. The van der Waals surface area contributed by atoms with Gasteiger partial charge < -0.3 is 15.4 Å². The number of carbonyl (C=O) groups excluding carboxylic acids is 1. The molecule has 0 aromatic heterocycles. The maximum Gasteiger partial charge on any atom is 0.257 e. The molecule has 1 aliphatic heterocycles. The molecule has 1 amide bonds. The van der Waals surface area contributed by atoms with E-state index < -0.39 is 0 Å². The van der Waals surface area contributed by atoms with Crippen molar-refractivity contribution in [2.45, 2.75) is 19.8 Å². The van der Waals surface area contributed by atoms with E-state index in [2.05, 4.69) is 10.6 Å². The third-order valence-corrected chi connectivity index (χ3v) is 3.35. The highest BCUT2D eigenvalue weighted by Gasteiger charge is 2.13. The highest BCUT2D eigenvalue weighted by Crippen LogP contribution is 2.12. The number of ether oxygens (including phenoxy) is 1. The number of halogens is 1. The van der Waals surface area contributed by atoms with Gasteiger partial charge in [0.05, 0.1) is 0 Å². The fraction of sp³-hybridized carbons (Fsp3) is 0.533. The summed E-state index contributed by atoms with van der Waals surface area (Å²) in [7, 11) is 0. The summed E-state index contributed by atoms with van der Waals surface area (Å²) < 4.78 is 5.46. The number of aryl methyl sites for hydroxylation is 1. The average molecular weight is 299 g/mol. The number of piperidine rings is 1. The zero-order valence-corrected chi connectivity index (χ0v) is 12.7. The van der Waals surface area contributed by atoms with Gasteiger partial charge in [-0.3, -0.25) is 4.79 Å². The second kappa shape index (κ2) is 8.82. The minimum absolute atomic E-state index is 0. The van der Waals surface area contributed by atoms with E-state index in [9.17, 15) is 4.79 Å². The maximum atomic E-state index is 11.7. The molecule has 2 N–H and O–H groups in total. The van der Waals surface area contributed by atoms with Crippen molar-refractivity contribution < 1.29 is 9.53 Å². The van der Waals surface area contributed by atoms with E-state index in [-0.39, 0.29) is 24.9 Å². The molecule has 0 bridgehead atoms. The monoisotopic (exact) mass is 298 g/mol. The summed E-state index contributed by atoms with van der Waals surface area (Å²) in [6, 6.07) is 7.73. The Kier molecular flexibility index (Phi) is 7.41. The van der Waals surface area contributed by atoms with E-state index in [1.165, 1.54) is 12.8 Å². The van der Waals surface area contributed by atoms with Gasteiger partial charge in [0.25, 0.3) is 5.91 Å². The summed E-state index contributed by atoms with van der Waals surface area (Å²) in [6.45, 7) is 4.93. The third kappa shape index (κ3) is 5.80. The molecule has 1 heterocycles. The van der Waals surface area contributed by atoms with Crippen LogP contribution in [-0.4, -0.2) is 32.1 Å². The SMILES string of the molecule is Cc1cccc(OCC(=O)NCC2CCCNC2)c1.Cl. The summed E-state index contributed by atoms with van der Waals surface area (Å²) in [5.74, 6) is 1.25. The van der Waals surface area contributed by atoms with Crippen LogP contribution in [0.15, 0.2) is 24.3 Å². The summed E-state index contributed by atoms with van der Waals surface area (Å²) in [5.41, 5.74) is 1.13. The van der Waals surface area contributed by atoms with Crippen LogP contribution in [0, 0.1) is 12.8 Å². The van der Waals surface area contributed by atoms with Gasteiger partial charge in [-0.05, 0) is 56.5 Å². The zero-order valence-electron chi connectivity index (χ0n) is 11.9. The number of hydrogen-bond donors (Lipinski definition) is 2. The van der Waals surface area contributed by atoms with Crippen molar-refractivity contribution in [3.63, 3.8) is 0 Å². The van der Waals surface area contributed by atoms with E-state index in [1.54, 1.807) is 0 Å². The predicted molar refractivity (Wildman–Crippen MR) is 82.5 cm³/mol. The number of benzene rings is 1. The van der Waals surface area contributed by atoms with Crippen LogP contribution in [-0.2, 0) is 4.79 Å². The number of amides is 1. The van der Waals surface area contributed by atoms with Crippen molar-refractivity contribution in [1.29, 1.82) is 0 Å². The second-order valence-electron chi connectivity index (χ2n) is 5.12. The molecule has 0 aliphatic carbocycles. The van der Waals surface area contributed by atoms with Crippen molar-refractivity contribution in [1.82, 2.24) is 10.6 Å². The lowest BCUT2D eigenvalue weighted by Crippen LogP contribution is -2.39. The van der Waals surface area contributed by atoms with Gasteiger partial charge in [-0.2, -0.15) is 0 Å². The maximum absolute atomic E-state index is 11.7. The lowest BCUT2D eigenvalue weighted by atomic mass is 10.00. The Morgan fingerprint density at radius 1 is 1.50 bits per heavy atom. The molecule has 1 aromatic carbocycles. The van der Waals surface area contributed by atoms with Crippen LogP contribution in [0.3, 0.4) is 0 Å². The second-order valence-corrected chi connectivity index (χ2v) is 5.12. The average Bonchev–Trinajstić information content (AvgIpc) is 2.44. The van der Waals surface area contributed by atoms with Gasteiger partial charge >= 0.3 is 0 Å². The first-order valence-electron chi connectivity index (χ1n) is 6.91. The van der Waals surface area contributed by atoms with Gasteiger partial charge in [0.2, 0.25) is 0 Å². The lowest BCUT2D eigenvalue weighted by molar-refractivity contribution is -0.123. The van der Waals surface area contributed by atoms with Crippen LogP contribution >= 0.6 is 12.4 Å². The lowest BCUT2D eigenvalue weighted by Gasteiger charge is -2.22. The molecule has 112 valence electrons. The fourth-order valence-corrected chi connectivity index (χ4v) is 2.26. The molecule has 1 aliphatic rings. The molecular weight excluding hydrogens is 276 g/mol. The molecule has 0 spiro atoms. The Labute approximate surface area is 126 Å². The summed E-state index contributed by atoms with van der Waals surface area (Å²) in [6.07, 6.45) is 2.38. The van der Waals surface area contributed by atoms with Crippen molar-refractivity contribution in [3.8, 4) is 5.75 Å². The summed E-state index contributed by atoms with van der Waals surface area (Å²) >= 11 is 0. The number of rotatable bonds is 5. The highest BCUT2D eigenvalue weighted by molar-refractivity contribution is 5.85. The number of nitrogens with one attached hydrogen (secondary N) is 2. The molecule has 1 unspecified atom stereocenters. The van der Waals surface area contributed by atoms with E-state index in [0.717, 1.165) is 30.9 Å². The number of carbonyl (C=O) groups is 1. The van der Waals surface area contributed by atoms with Gasteiger partial charge in [0.15, 0.2) is 6.61 Å². The molecule has 1 saturated heterocycles. The van der Waals surface area contributed by atoms with Crippen molar-refractivity contribution >= 4 is 18.3 Å². The fourth-order valence-electron chi connectivity index (χ4n) is 2.26. The standard InChI is InChI=1S/C15H22N2O2.ClH/c1-12-4-2-6-14(8-12)19-11-15(18)17-10-13-5-3-7-16-9-13;/h2,4,6,8,13,16H,3,5,7,9-11H2,1H3,(H,17,18);1H. The van der Waals surface area contributed by atoms with Gasteiger partial charge in [-0.15, -0.1) is 12.4 Å². The van der Waals surface area contributed by atoms with Crippen LogP contribution in [0.25, 0.3) is 0 Å².